The minimum atomic E-state index is 0.813. The van der Waals surface area contributed by atoms with E-state index >= 15 is 0 Å². The van der Waals surface area contributed by atoms with E-state index in [9.17, 15) is 0 Å². The molecule has 0 radical (unpaired) electrons. The SMILES string of the molecule is CNC(CC1CCCC1)C1CCSC1. The third kappa shape index (κ3) is 2.66. The summed E-state index contributed by atoms with van der Waals surface area (Å²) in [6.07, 6.45) is 8.86. The number of nitrogens with one attached hydrogen (secondary N) is 1. The average Bonchev–Trinajstić information content (AvgIpc) is 2.86. The molecule has 2 rings (SSSR count). The molecule has 1 aliphatic heterocycles. The highest BCUT2D eigenvalue weighted by Gasteiger charge is 2.27. The molecule has 0 aromatic carbocycles. The molecular weight excluding hydrogens is 190 g/mol. The normalized spacial score (nSPS) is 31.1. The second-order valence-electron chi connectivity index (χ2n) is 4.91. The van der Waals surface area contributed by atoms with Crippen molar-refractivity contribution in [2.24, 2.45) is 11.8 Å². The maximum absolute atomic E-state index is 3.56. The van der Waals surface area contributed by atoms with Crippen LogP contribution in [0.4, 0.5) is 0 Å². The van der Waals surface area contributed by atoms with Crippen molar-refractivity contribution in [2.75, 3.05) is 18.6 Å². The van der Waals surface area contributed by atoms with Gasteiger partial charge in [-0.1, -0.05) is 25.7 Å². The van der Waals surface area contributed by atoms with E-state index in [0.29, 0.717) is 0 Å². The summed E-state index contributed by atoms with van der Waals surface area (Å²) in [6, 6.07) is 0.813. The highest BCUT2D eigenvalue weighted by Crippen LogP contribution is 2.33. The molecule has 0 aromatic heterocycles. The first-order valence-electron chi connectivity index (χ1n) is 6.15. The lowest BCUT2D eigenvalue weighted by Gasteiger charge is -2.25. The van der Waals surface area contributed by atoms with Gasteiger partial charge in [0.25, 0.3) is 0 Å². The molecule has 2 fully saturated rings. The Hall–Kier alpha value is 0.310. The Morgan fingerprint density at radius 1 is 1.29 bits per heavy atom. The smallest absolute Gasteiger partial charge is 0.0103 e. The molecular formula is C12H23NS. The van der Waals surface area contributed by atoms with Crippen LogP contribution in [0.5, 0.6) is 0 Å². The summed E-state index contributed by atoms with van der Waals surface area (Å²) < 4.78 is 0. The van der Waals surface area contributed by atoms with Crippen LogP contribution in [0.1, 0.15) is 38.5 Å². The van der Waals surface area contributed by atoms with Crippen molar-refractivity contribution in [2.45, 2.75) is 44.6 Å². The predicted molar refractivity (Wildman–Crippen MR) is 64.9 cm³/mol. The van der Waals surface area contributed by atoms with Crippen LogP contribution in [-0.4, -0.2) is 24.6 Å². The van der Waals surface area contributed by atoms with Gasteiger partial charge in [0.1, 0.15) is 0 Å². The molecule has 1 N–H and O–H groups in total. The lowest BCUT2D eigenvalue weighted by molar-refractivity contribution is 0.325. The van der Waals surface area contributed by atoms with Crippen molar-refractivity contribution < 1.29 is 0 Å². The zero-order valence-corrected chi connectivity index (χ0v) is 10.1. The molecule has 14 heavy (non-hydrogen) atoms. The molecule has 0 spiro atoms. The van der Waals surface area contributed by atoms with Gasteiger partial charge in [-0.15, -0.1) is 0 Å². The van der Waals surface area contributed by atoms with Gasteiger partial charge < -0.3 is 5.32 Å². The molecule has 82 valence electrons. The largest absolute Gasteiger partial charge is 0.317 e. The standard InChI is InChI=1S/C12H23NS/c1-13-12(11-6-7-14-9-11)8-10-4-2-3-5-10/h10-13H,2-9H2,1H3. The monoisotopic (exact) mass is 213 g/mol. The van der Waals surface area contributed by atoms with E-state index in [2.05, 4.69) is 24.1 Å². The van der Waals surface area contributed by atoms with E-state index in [4.69, 9.17) is 0 Å². The molecule has 0 amide bonds. The van der Waals surface area contributed by atoms with Crippen LogP contribution in [0.15, 0.2) is 0 Å². The van der Waals surface area contributed by atoms with E-state index in [1.165, 1.54) is 50.0 Å². The van der Waals surface area contributed by atoms with Gasteiger partial charge in [0, 0.05) is 6.04 Å². The Morgan fingerprint density at radius 3 is 2.64 bits per heavy atom. The van der Waals surface area contributed by atoms with E-state index in [1.807, 2.05) is 0 Å². The lowest BCUT2D eigenvalue weighted by Crippen LogP contribution is -2.35. The van der Waals surface area contributed by atoms with Gasteiger partial charge in [0.2, 0.25) is 0 Å². The summed E-state index contributed by atoms with van der Waals surface area (Å²) >= 11 is 2.14. The van der Waals surface area contributed by atoms with Crippen molar-refractivity contribution >= 4 is 11.8 Å². The van der Waals surface area contributed by atoms with Gasteiger partial charge in [-0.05, 0) is 43.2 Å². The average molecular weight is 213 g/mol. The Labute approximate surface area is 92.4 Å². The Balaban J connectivity index is 1.79. The third-order valence-electron chi connectivity index (χ3n) is 3.97. The Kier molecular flexibility index (Phi) is 4.18. The second-order valence-corrected chi connectivity index (χ2v) is 6.05. The molecule has 2 atom stereocenters. The zero-order chi connectivity index (χ0) is 9.80. The van der Waals surface area contributed by atoms with Crippen LogP contribution in [0.2, 0.25) is 0 Å². The molecule has 1 saturated heterocycles. The minimum absolute atomic E-state index is 0.813. The molecule has 2 unspecified atom stereocenters. The van der Waals surface area contributed by atoms with Crippen molar-refractivity contribution in [3.8, 4) is 0 Å². The molecule has 1 saturated carbocycles. The fraction of sp³-hybridized carbons (Fsp3) is 1.00. The highest BCUT2D eigenvalue weighted by molar-refractivity contribution is 7.99. The van der Waals surface area contributed by atoms with Crippen LogP contribution in [-0.2, 0) is 0 Å². The third-order valence-corrected chi connectivity index (χ3v) is 5.15. The Morgan fingerprint density at radius 2 is 2.07 bits per heavy atom. The minimum Gasteiger partial charge on any atom is -0.317 e. The number of thioether (sulfide) groups is 1. The van der Waals surface area contributed by atoms with Gasteiger partial charge >= 0.3 is 0 Å². The predicted octanol–water partition coefficient (Wildman–Crippen LogP) is 2.91. The first-order chi connectivity index (χ1) is 6.90. The fourth-order valence-electron chi connectivity index (χ4n) is 3.02. The van der Waals surface area contributed by atoms with Gasteiger partial charge in [-0.3, -0.25) is 0 Å². The maximum Gasteiger partial charge on any atom is 0.0103 e. The highest BCUT2D eigenvalue weighted by atomic mass is 32.2. The summed E-state index contributed by atoms with van der Waals surface area (Å²) in [7, 11) is 2.16. The Bertz CT molecular complexity index is 160. The van der Waals surface area contributed by atoms with Crippen molar-refractivity contribution in [1.29, 1.82) is 0 Å². The molecule has 2 aliphatic rings. The molecule has 1 heterocycles. The van der Waals surface area contributed by atoms with Gasteiger partial charge in [0.05, 0.1) is 0 Å². The topological polar surface area (TPSA) is 12.0 Å². The van der Waals surface area contributed by atoms with E-state index in [0.717, 1.165) is 17.9 Å². The van der Waals surface area contributed by atoms with Crippen molar-refractivity contribution in [3.05, 3.63) is 0 Å². The summed E-state index contributed by atoms with van der Waals surface area (Å²) in [5, 5.41) is 3.56. The van der Waals surface area contributed by atoms with Crippen molar-refractivity contribution in [3.63, 3.8) is 0 Å². The zero-order valence-electron chi connectivity index (χ0n) is 9.30. The maximum atomic E-state index is 3.56. The van der Waals surface area contributed by atoms with E-state index < -0.39 is 0 Å². The number of hydrogen-bond acceptors (Lipinski definition) is 2. The van der Waals surface area contributed by atoms with Gasteiger partial charge in [0.15, 0.2) is 0 Å². The van der Waals surface area contributed by atoms with Crippen LogP contribution < -0.4 is 5.32 Å². The molecule has 1 nitrogen and oxygen atoms in total. The van der Waals surface area contributed by atoms with Crippen LogP contribution in [0.3, 0.4) is 0 Å². The summed E-state index contributed by atoms with van der Waals surface area (Å²) in [5.41, 5.74) is 0. The van der Waals surface area contributed by atoms with Gasteiger partial charge in [-0.25, -0.2) is 0 Å². The summed E-state index contributed by atoms with van der Waals surface area (Å²) in [6.45, 7) is 0. The van der Waals surface area contributed by atoms with Crippen molar-refractivity contribution in [1.82, 2.24) is 5.32 Å². The molecule has 2 heteroatoms. The molecule has 0 aromatic rings. The number of hydrogen-bond donors (Lipinski definition) is 1. The molecule has 0 bridgehead atoms. The second kappa shape index (κ2) is 5.41. The fourth-order valence-corrected chi connectivity index (χ4v) is 4.36. The first-order valence-corrected chi connectivity index (χ1v) is 7.30. The van der Waals surface area contributed by atoms with Crippen LogP contribution in [0, 0.1) is 11.8 Å². The number of rotatable bonds is 4. The lowest BCUT2D eigenvalue weighted by atomic mass is 9.89. The quantitative estimate of drug-likeness (QED) is 0.770. The van der Waals surface area contributed by atoms with E-state index in [1.54, 1.807) is 0 Å². The molecule has 1 aliphatic carbocycles. The summed E-state index contributed by atoms with van der Waals surface area (Å²) in [5.74, 6) is 4.80. The summed E-state index contributed by atoms with van der Waals surface area (Å²) in [4.78, 5) is 0. The van der Waals surface area contributed by atoms with Crippen LogP contribution >= 0.6 is 11.8 Å². The first kappa shape index (κ1) is 10.8. The van der Waals surface area contributed by atoms with E-state index in [-0.39, 0.29) is 0 Å². The van der Waals surface area contributed by atoms with Crippen LogP contribution in [0.25, 0.3) is 0 Å². The van der Waals surface area contributed by atoms with Gasteiger partial charge in [-0.2, -0.15) is 11.8 Å².